The largest absolute Gasteiger partial charge is 0.466 e. The molecule has 5 fully saturated rings. The third kappa shape index (κ3) is 2.89. The molecule has 2 heterocycles. The first kappa shape index (κ1) is 18.7. The fourth-order valence-corrected chi connectivity index (χ4v) is 6.86. The maximum atomic E-state index is 12.9. The molecule has 1 aromatic rings. The van der Waals surface area contributed by atoms with Gasteiger partial charge < -0.3 is 15.1 Å². The van der Waals surface area contributed by atoms with E-state index in [1.54, 1.807) is 19.1 Å². The summed E-state index contributed by atoms with van der Waals surface area (Å²) in [6, 6.07) is 2.81. The second-order valence-corrected chi connectivity index (χ2v) is 9.99. The Morgan fingerprint density at radius 3 is 2.41 bits per heavy atom. The van der Waals surface area contributed by atoms with Crippen LogP contribution >= 0.6 is 0 Å². The number of imide groups is 1. The lowest BCUT2D eigenvalue weighted by Crippen LogP contribution is -2.57. The molecule has 6 rings (SSSR count). The predicted molar refractivity (Wildman–Crippen MR) is 105 cm³/mol. The molecule has 4 amide bonds. The number of furan rings is 1. The maximum Gasteiger partial charge on any atom is 0.325 e. The molecule has 2 atom stereocenters. The molecule has 4 saturated carbocycles. The molecule has 0 aromatic carbocycles. The Morgan fingerprint density at radius 1 is 1.24 bits per heavy atom. The average molecular weight is 399 g/mol. The number of carbonyl (C=O) groups is 3. The smallest absolute Gasteiger partial charge is 0.325 e. The number of hydrogen-bond acceptors (Lipinski definition) is 4. The van der Waals surface area contributed by atoms with Crippen molar-refractivity contribution in [2.75, 3.05) is 6.54 Å². The zero-order valence-corrected chi connectivity index (χ0v) is 17.1. The lowest BCUT2D eigenvalue weighted by atomic mass is 9.48. The first-order valence-corrected chi connectivity index (χ1v) is 10.8. The number of amides is 4. The van der Waals surface area contributed by atoms with Gasteiger partial charge in [-0.1, -0.05) is 0 Å². The number of rotatable bonds is 5. The van der Waals surface area contributed by atoms with Crippen molar-refractivity contribution in [3.8, 4) is 0 Å². The molecule has 0 radical (unpaired) electrons. The van der Waals surface area contributed by atoms with Crippen LogP contribution in [0.15, 0.2) is 22.8 Å². The van der Waals surface area contributed by atoms with Crippen molar-refractivity contribution in [1.82, 2.24) is 15.5 Å². The van der Waals surface area contributed by atoms with Gasteiger partial charge in [0.05, 0.1) is 6.26 Å². The highest BCUT2D eigenvalue weighted by Gasteiger charge is 2.54. The monoisotopic (exact) mass is 399 g/mol. The van der Waals surface area contributed by atoms with Crippen LogP contribution in [0.2, 0.25) is 0 Å². The molecule has 0 spiro atoms. The van der Waals surface area contributed by atoms with E-state index in [0.717, 1.165) is 22.7 Å². The maximum absolute atomic E-state index is 12.9. The second-order valence-electron chi connectivity index (χ2n) is 9.99. The van der Waals surface area contributed by atoms with E-state index < -0.39 is 17.5 Å². The van der Waals surface area contributed by atoms with Crippen LogP contribution < -0.4 is 10.6 Å². The molecular weight excluding hydrogens is 370 g/mol. The second kappa shape index (κ2) is 6.34. The topological polar surface area (TPSA) is 91.7 Å². The van der Waals surface area contributed by atoms with E-state index in [4.69, 9.17) is 4.42 Å². The van der Waals surface area contributed by atoms with E-state index in [0.29, 0.717) is 5.76 Å². The fraction of sp³-hybridized carbons (Fsp3) is 0.682. The standard InChI is InChI=1S/C22H29N3O4/c1-13(22-9-14-6-15(10-22)8-16(7-14)11-22)23-18(26)12-25-19(27)21(2,24-20(25)28)17-4-3-5-29-17/h3-5,13-16H,6-12H2,1-2H3,(H,23,26)(H,24,28)/t13-,14?,15?,16?,21-,22?/m0/s1. The van der Waals surface area contributed by atoms with E-state index in [9.17, 15) is 14.4 Å². The normalized spacial score (nSPS) is 39.0. The minimum Gasteiger partial charge on any atom is -0.466 e. The van der Waals surface area contributed by atoms with E-state index in [-0.39, 0.29) is 23.9 Å². The zero-order valence-electron chi connectivity index (χ0n) is 17.1. The molecule has 0 unspecified atom stereocenters. The summed E-state index contributed by atoms with van der Waals surface area (Å²) in [5.74, 6) is 2.04. The number of hydrogen-bond donors (Lipinski definition) is 2. The molecule has 1 aliphatic heterocycles. The van der Waals surface area contributed by atoms with Crippen molar-refractivity contribution in [3.05, 3.63) is 24.2 Å². The van der Waals surface area contributed by atoms with Crippen molar-refractivity contribution in [2.24, 2.45) is 23.2 Å². The summed E-state index contributed by atoms with van der Waals surface area (Å²) >= 11 is 0. The van der Waals surface area contributed by atoms with Gasteiger partial charge in [0.1, 0.15) is 12.3 Å². The van der Waals surface area contributed by atoms with Crippen LogP contribution in [-0.2, 0) is 15.1 Å². The molecule has 29 heavy (non-hydrogen) atoms. The Hall–Kier alpha value is -2.31. The number of urea groups is 1. The van der Waals surface area contributed by atoms with Crippen molar-refractivity contribution in [3.63, 3.8) is 0 Å². The molecule has 1 saturated heterocycles. The Kier molecular flexibility index (Phi) is 4.09. The Balaban J connectivity index is 1.25. The van der Waals surface area contributed by atoms with Crippen LogP contribution in [0.3, 0.4) is 0 Å². The Labute approximate surface area is 170 Å². The summed E-state index contributed by atoms with van der Waals surface area (Å²) in [7, 11) is 0. The van der Waals surface area contributed by atoms with Crippen LogP contribution in [0, 0.1) is 23.2 Å². The third-order valence-corrected chi connectivity index (χ3v) is 7.97. The van der Waals surface area contributed by atoms with E-state index in [1.807, 2.05) is 0 Å². The summed E-state index contributed by atoms with van der Waals surface area (Å²) in [4.78, 5) is 39.1. The minimum atomic E-state index is -1.27. The first-order valence-electron chi connectivity index (χ1n) is 10.8. The lowest BCUT2D eigenvalue weighted by Gasteiger charge is -2.59. The quantitative estimate of drug-likeness (QED) is 0.745. The van der Waals surface area contributed by atoms with Crippen molar-refractivity contribution in [1.29, 1.82) is 0 Å². The highest BCUT2D eigenvalue weighted by atomic mass is 16.3. The molecular formula is C22H29N3O4. The van der Waals surface area contributed by atoms with Crippen LogP contribution in [-0.4, -0.2) is 35.3 Å². The Morgan fingerprint density at radius 2 is 1.86 bits per heavy atom. The first-order chi connectivity index (χ1) is 13.8. The van der Waals surface area contributed by atoms with Crippen molar-refractivity contribution < 1.29 is 18.8 Å². The van der Waals surface area contributed by atoms with Crippen LogP contribution in [0.25, 0.3) is 0 Å². The number of nitrogens with zero attached hydrogens (tertiary/aromatic N) is 1. The molecule has 4 aliphatic carbocycles. The van der Waals surface area contributed by atoms with Gasteiger partial charge in [0, 0.05) is 6.04 Å². The lowest BCUT2D eigenvalue weighted by molar-refractivity contribution is -0.136. The van der Waals surface area contributed by atoms with Crippen LogP contribution in [0.4, 0.5) is 4.79 Å². The van der Waals surface area contributed by atoms with Gasteiger partial charge in [-0.2, -0.15) is 0 Å². The van der Waals surface area contributed by atoms with Crippen LogP contribution in [0.5, 0.6) is 0 Å². The summed E-state index contributed by atoms with van der Waals surface area (Å²) < 4.78 is 5.33. The zero-order chi connectivity index (χ0) is 20.4. The molecule has 7 nitrogen and oxygen atoms in total. The molecule has 2 N–H and O–H groups in total. The van der Waals surface area contributed by atoms with E-state index in [2.05, 4.69) is 17.6 Å². The summed E-state index contributed by atoms with van der Waals surface area (Å²) in [5.41, 5.74) is -1.09. The van der Waals surface area contributed by atoms with Gasteiger partial charge in [0.2, 0.25) is 5.91 Å². The number of carbonyl (C=O) groups excluding carboxylic acids is 3. The van der Waals surface area contributed by atoms with Crippen molar-refractivity contribution >= 4 is 17.8 Å². The van der Waals surface area contributed by atoms with Gasteiger partial charge in [-0.05, 0) is 87.7 Å². The summed E-state index contributed by atoms with van der Waals surface area (Å²) in [6.07, 6.45) is 9.11. The van der Waals surface area contributed by atoms with E-state index in [1.165, 1.54) is 44.8 Å². The fourth-order valence-electron chi connectivity index (χ4n) is 6.86. The molecule has 1 aromatic heterocycles. The van der Waals surface area contributed by atoms with Gasteiger partial charge in [0.15, 0.2) is 5.54 Å². The highest BCUT2D eigenvalue weighted by molar-refractivity contribution is 6.08. The van der Waals surface area contributed by atoms with Gasteiger partial charge >= 0.3 is 6.03 Å². The summed E-state index contributed by atoms with van der Waals surface area (Å²) in [6.45, 7) is 3.43. The Bertz CT molecular complexity index is 813. The summed E-state index contributed by atoms with van der Waals surface area (Å²) in [5, 5.41) is 5.79. The predicted octanol–water partition coefficient (Wildman–Crippen LogP) is 2.77. The molecule has 4 bridgehead atoms. The van der Waals surface area contributed by atoms with Gasteiger partial charge in [0.25, 0.3) is 5.91 Å². The third-order valence-electron chi connectivity index (χ3n) is 7.97. The molecule has 7 heteroatoms. The highest BCUT2D eigenvalue weighted by Crippen LogP contribution is 2.61. The van der Waals surface area contributed by atoms with E-state index >= 15 is 0 Å². The van der Waals surface area contributed by atoms with Gasteiger partial charge in [-0.15, -0.1) is 0 Å². The molecule has 5 aliphatic rings. The average Bonchev–Trinajstić information content (AvgIpc) is 3.25. The number of nitrogens with one attached hydrogen (secondary N) is 2. The minimum absolute atomic E-state index is 0.0561. The van der Waals surface area contributed by atoms with Gasteiger partial charge in [-0.25, -0.2) is 4.79 Å². The molecule has 156 valence electrons. The van der Waals surface area contributed by atoms with Gasteiger partial charge in [-0.3, -0.25) is 14.5 Å². The van der Waals surface area contributed by atoms with Crippen LogP contribution in [0.1, 0.15) is 58.1 Å². The SMILES string of the molecule is C[C@H](NC(=O)CN1C(=O)N[C@@](C)(c2ccco2)C1=O)C12CC3CC(CC(C3)C1)C2. The van der Waals surface area contributed by atoms with Crippen molar-refractivity contribution in [2.45, 2.75) is 64.0 Å².